The number of carbonyl (C=O) groups excluding carboxylic acids is 4. The first-order chi connectivity index (χ1) is 16.3. The highest BCUT2D eigenvalue weighted by molar-refractivity contribution is 6.22. The minimum Gasteiger partial charge on any atom is -0.426 e. The number of hydrogen-bond acceptors (Lipinski definition) is 5. The molecule has 0 unspecified atom stereocenters. The molecule has 0 bridgehead atoms. The number of hydrogen-bond donors (Lipinski definition) is 0. The van der Waals surface area contributed by atoms with Gasteiger partial charge in [-0.05, 0) is 50.5 Å². The summed E-state index contributed by atoms with van der Waals surface area (Å²) in [4.78, 5) is 54.1. The smallest absolute Gasteiger partial charge is 0.316 e. The highest BCUT2D eigenvalue weighted by Crippen LogP contribution is 2.38. The summed E-state index contributed by atoms with van der Waals surface area (Å²) in [5.74, 6) is -2.06. The van der Waals surface area contributed by atoms with Gasteiger partial charge in [-0.1, -0.05) is 35.9 Å². The summed E-state index contributed by atoms with van der Waals surface area (Å²) >= 11 is 0. The van der Waals surface area contributed by atoms with Gasteiger partial charge in [0.05, 0.1) is 23.4 Å². The third-order valence-corrected chi connectivity index (χ3v) is 6.90. The summed E-state index contributed by atoms with van der Waals surface area (Å²) in [6, 6.07) is 12.3. The van der Waals surface area contributed by atoms with Gasteiger partial charge in [-0.2, -0.15) is 0 Å². The molecule has 2 aromatic rings. The standard InChI is InChI=1S/C27H26N2O5/c1-16-10-11-23(17(2)12-16)28-15-18(13-24(28)30)27(33)34-20-7-5-6-19(14-20)29-25(31)21-8-3-4-9-22(21)26(29)32/h3-7,10-12,14,18,21-22H,8-9,13,15H2,1-2H3/t18-,21-,22-/m1/s1. The van der Waals surface area contributed by atoms with E-state index in [9.17, 15) is 19.2 Å². The van der Waals surface area contributed by atoms with Crippen LogP contribution in [0.25, 0.3) is 0 Å². The van der Waals surface area contributed by atoms with Crippen LogP contribution in [0, 0.1) is 31.6 Å². The molecule has 0 N–H and O–H groups in total. The van der Waals surface area contributed by atoms with E-state index >= 15 is 0 Å². The van der Waals surface area contributed by atoms with Crippen molar-refractivity contribution in [3.8, 4) is 5.75 Å². The highest BCUT2D eigenvalue weighted by Gasteiger charge is 2.48. The molecular weight excluding hydrogens is 432 g/mol. The molecule has 7 heteroatoms. The van der Waals surface area contributed by atoms with E-state index in [-0.39, 0.29) is 48.3 Å². The van der Waals surface area contributed by atoms with Crippen molar-refractivity contribution in [1.29, 1.82) is 0 Å². The van der Waals surface area contributed by atoms with E-state index in [1.54, 1.807) is 23.1 Å². The molecule has 7 nitrogen and oxygen atoms in total. The van der Waals surface area contributed by atoms with Crippen LogP contribution >= 0.6 is 0 Å². The number of allylic oxidation sites excluding steroid dienone is 2. The fourth-order valence-corrected chi connectivity index (χ4v) is 5.15. The molecule has 3 aliphatic rings. The third-order valence-electron chi connectivity index (χ3n) is 6.90. The summed E-state index contributed by atoms with van der Waals surface area (Å²) in [5.41, 5.74) is 3.28. The normalized spacial score (nSPS) is 24.1. The molecule has 0 spiro atoms. The summed E-state index contributed by atoms with van der Waals surface area (Å²) in [6.07, 6.45) is 5.09. The Hall–Kier alpha value is -3.74. The molecule has 2 heterocycles. The number of aryl methyl sites for hydroxylation is 2. The Morgan fingerprint density at radius 2 is 1.65 bits per heavy atom. The Morgan fingerprint density at radius 3 is 2.32 bits per heavy atom. The number of carbonyl (C=O) groups is 4. The van der Waals surface area contributed by atoms with Gasteiger partial charge in [-0.15, -0.1) is 0 Å². The van der Waals surface area contributed by atoms with Crippen molar-refractivity contribution >= 4 is 35.1 Å². The van der Waals surface area contributed by atoms with Crippen LogP contribution in [0.3, 0.4) is 0 Å². The Balaban J connectivity index is 1.30. The largest absolute Gasteiger partial charge is 0.426 e. The van der Waals surface area contributed by atoms with Crippen LogP contribution in [0.2, 0.25) is 0 Å². The molecule has 2 saturated heterocycles. The van der Waals surface area contributed by atoms with Crippen molar-refractivity contribution in [2.24, 2.45) is 17.8 Å². The summed E-state index contributed by atoms with van der Waals surface area (Å²) in [7, 11) is 0. The number of fused-ring (bicyclic) bond motifs is 1. The Kier molecular flexibility index (Phi) is 5.55. The molecule has 0 aromatic heterocycles. The van der Waals surface area contributed by atoms with Gasteiger partial charge in [-0.25, -0.2) is 4.90 Å². The van der Waals surface area contributed by atoms with E-state index < -0.39 is 11.9 Å². The topological polar surface area (TPSA) is 84.0 Å². The lowest BCUT2D eigenvalue weighted by Crippen LogP contribution is -2.31. The molecule has 0 radical (unpaired) electrons. The molecule has 5 rings (SSSR count). The van der Waals surface area contributed by atoms with Crippen LogP contribution in [-0.2, 0) is 19.2 Å². The third kappa shape index (κ3) is 3.81. The molecule has 2 aliphatic heterocycles. The summed E-state index contributed by atoms with van der Waals surface area (Å²) < 4.78 is 5.59. The quantitative estimate of drug-likeness (QED) is 0.302. The van der Waals surface area contributed by atoms with Gasteiger partial charge in [0.25, 0.3) is 0 Å². The molecule has 1 aliphatic carbocycles. The zero-order valence-electron chi connectivity index (χ0n) is 19.2. The van der Waals surface area contributed by atoms with Crippen molar-refractivity contribution in [1.82, 2.24) is 0 Å². The number of amides is 3. The maximum absolute atomic E-state index is 12.9. The van der Waals surface area contributed by atoms with Crippen LogP contribution < -0.4 is 14.5 Å². The van der Waals surface area contributed by atoms with Crippen LogP contribution in [0.4, 0.5) is 11.4 Å². The van der Waals surface area contributed by atoms with Crippen molar-refractivity contribution in [2.45, 2.75) is 33.1 Å². The van der Waals surface area contributed by atoms with Crippen molar-refractivity contribution in [3.63, 3.8) is 0 Å². The molecular formula is C27H26N2O5. The molecule has 3 atom stereocenters. The maximum atomic E-state index is 12.9. The number of nitrogens with zero attached hydrogens (tertiary/aromatic N) is 2. The number of ether oxygens (including phenoxy) is 1. The fourth-order valence-electron chi connectivity index (χ4n) is 5.15. The molecule has 34 heavy (non-hydrogen) atoms. The van der Waals surface area contributed by atoms with Crippen LogP contribution in [0.5, 0.6) is 5.75 Å². The van der Waals surface area contributed by atoms with Crippen molar-refractivity contribution < 1.29 is 23.9 Å². The lowest BCUT2D eigenvalue weighted by atomic mass is 9.85. The minimum atomic E-state index is -0.596. The number of anilines is 2. The van der Waals surface area contributed by atoms with Gasteiger partial charge in [-0.3, -0.25) is 19.2 Å². The zero-order chi connectivity index (χ0) is 24.0. The first-order valence-corrected chi connectivity index (χ1v) is 11.6. The SMILES string of the molecule is Cc1ccc(N2C[C@H](C(=O)Oc3cccc(N4C(=O)[C@@H]5CC=CC[C@H]5C4=O)c3)CC2=O)c(C)c1. The number of esters is 1. The zero-order valence-corrected chi connectivity index (χ0v) is 19.2. The van der Waals surface area contributed by atoms with E-state index in [1.165, 1.54) is 11.0 Å². The number of imide groups is 1. The van der Waals surface area contributed by atoms with Gasteiger partial charge in [0.2, 0.25) is 17.7 Å². The second-order valence-electron chi connectivity index (χ2n) is 9.28. The average Bonchev–Trinajstić information content (AvgIpc) is 3.32. The lowest BCUT2D eigenvalue weighted by molar-refractivity contribution is -0.139. The van der Waals surface area contributed by atoms with Gasteiger partial charge in [0.1, 0.15) is 5.75 Å². The molecule has 2 aromatic carbocycles. The molecule has 2 fully saturated rings. The number of benzene rings is 2. The van der Waals surface area contributed by atoms with Gasteiger partial charge in [0, 0.05) is 24.7 Å². The van der Waals surface area contributed by atoms with E-state index in [4.69, 9.17) is 4.74 Å². The highest BCUT2D eigenvalue weighted by atomic mass is 16.5. The van der Waals surface area contributed by atoms with Crippen LogP contribution in [-0.4, -0.2) is 30.2 Å². The van der Waals surface area contributed by atoms with Crippen LogP contribution in [0.1, 0.15) is 30.4 Å². The predicted octanol–water partition coefficient (Wildman–Crippen LogP) is 3.72. The second-order valence-corrected chi connectivity index (χ2v) is 9.28. The number of rotatable bonds is 4. The Labute approximate surface area is 198 Å². The Bertz CT molecular complexity index is 1210. The fraction of sp³-hybridized carbons (Fsp3) is 0.333. The summed E-state index contributed by atoms with van der Waals surface area (Å²) in [5, 5.41) is 0. The first-order valence-electron chi connectivity index (χ1n) is 11.6. The maximum Gasteiger partial charge on any atom is 0.316 e. The first kappa shape index (κ1) is 22.1. The van der Waals surface area contributed by atoms with Crippen molar-refractivity contribution in [3.05, 3.63) is 65.7 Å². The van der Waals surface area contributed by atoms with Crippen LogP contribution in [0.15, 0.2) is 54.6 Å². The van der Waals surface area contributed by atoms with E-state index in [0.717, 1.165) is 16.8 Å². The predicted molar refractivity (Wildman–Crippen MR) is 126 cm³/mol. The molecule has 3 amide bonds. The van der Waals surface area contributed by atoms with E-state index in [0.29, 0.717) is 18.5 Å². The van der Waals surface area contributed by atoms with Gasteiger partial charge >= 0.3 is 5.97 Å². The van der Waals surface area contributed by atoms with Gasteiger partial charge in [0.15, 0.2) is 0 Å². The molecule has 174 valence electrons. The minimum absolute atomic E-state index is 0.0747. The van der Waals surface area contributed by atoms with Gasteiger partial charge < -0.3 is 9.64 Å². The van der Waals surface area contributed by atoms with E-state index in [1.807, 2.05) is 44.2 Å². The lowest BCUT2D eigenvalue weighted by Gasteiger charge is -2.19. The average molecular weight is 459 g/mol. The summed E-state index contributed by atoms with van der Waals surface area (Å²) in [6.45, 7) is 4.19. The van der Waals surface area contributed by atoms with Crippen molar-refractivity contribution in [2.75, 3.05) is 16.3 Å². The second kappa shape index (κ2) is 8.56. The Morgan fingerprint density at radius 1 is 0.941 bits per heavy atom. The monoisotopic (exact) mass is 458 g/mol. The van der Waals surface area contributed by atoms with E-state index in [2.05, 4.69) is 0 Å². The molecule has 0 saturated carbocycles.